The molecule has 1 spiro atoms. The molecule has 2 fully saturated rings. The Morgan fingerprint density at radius 1 is 1.14 bits per heavy atom. The first-order valence-corrected chi connectivity index (χ1v) is 9.96. The number of nitrogens with zero attached hydrogens (tertiary/aromatic N) is 1. The van der Waals surface area contributed by atoms with E-state index in [0.717, 1.165) is 32.3 Å². The zero-order valence-electron chi connectivity index (χ0n) is 15.9. The van der Waals surface area contributed by atoms with Gasteiger partial charge in [0.05, 0.1) is 5.60 Å². The monoisotopic (exact) mass is 382 g/mol. The molecule has 2 aromatic rings. The molecule has 2 heterocycles. The summed E-state index contributed by atoms with van der Waals surface area (Å²) in [6.45, 7) is 0.730. The number of hydrogen-bond acceptors (Lipinski definition) is 5. The van der Waals surface area contributed by atoms with Crippen molar-refractivity contribution in [3.8, 4) is 17.4 Å². The van der Waals surface area contributed by atoms with Crippen LogP contribution >= 0.6 is 0 Å². The van der Waals surface area contributed by atoms with Crippen molar-refractivity contribution >= 4 is 5.91 Å². The zero-order valence-corrected chi connectivity index (χ0v) is 15.9. The van der Waals surface area contributed by atoms with E-state index in [9.17, 15) is 4.79 Å². The van der Waals surface area contributed by atoms with E-state index in [1.54, 1.807) is 36.5 Å². The van der Waals surface area contributed by atoms with Gasteiger partial charge in [0.2, 0.25) is 5.88 Å². The molecule has 148 valence electrons. The number of amides is 1. The Kier molecular flexibility index (Phi) is 5.76. The van der Waals surface area contributed by atoms with Crippen LogP contribution in [0, 0.1) is 0 Å². The van der Waals surface area contributed by atoms with Crippen LogP contribution < -0.4 is 14.8 Å². The van der Waals surface area contributed by atoms with Crippen LogP contribution in [0.5, 0.6) is 17.4 Å². The molecule has 1 aromatic carbocycles. The number of nitrogens with one attached hydrogen (secondary N) is 1. The fraction of sp³-hybridized carbons (Fsp3) is 0.455. The van der Waals surface area contributed by atoms with Crippen molar-refractivity contribution in [2.24, 2.45) is 0 Å². The Bertz CT molecular complexity index is 773. The van der Waals surface area contributed by atoms with Gasteiger partial charge < -0.3 is 19.5 Å². The Morgan fingerprint density at radius 3 is 2.68 bits per heavy atom. The van der Waals surface area contributed by atoms with Gasteiger partial charge in [0, 0.05) is 24.9 Å². The van der Waals surface area contributed by atoms with Crippen molar-refractivity contribution in [3.05, 3.63) is 48.7 Å². The molecule has 1 aliphatic carbocycles. The van der Waals surface area contributed by atoms with Crippen molar-refractivity contribution in [2.75, 3.05) is 13.2 Å². The van der Waals surface area contributed by atoms with E-state index in [0.29, 0.717) is 17.4 Å². The van der Waals surface area contributed by atoms with Gasteiger partial charge in [-0.2, -0.15) is 0 Å². The molecule has 6 nitrogen and oxygen atoms in total. The average molecular weight is 382 g/mol. The van der Waals surface area contributed by atoms with E-state index >= 15 is 0 Å². The number of carbonyl (C=O) groups is 1. The molecule has 1 aromatic heterocycles. The third-order valence-electron chi connectivity index (χ3n) is 5.43. The highest BCUT2D eigenvalue weighted by Gasteiger charge is 2.40. The van der Waals surface area contributed by atoms with Crippen LogP contribution in [0.4, 0.5) is 0 Å². The zero-order chi connectivity index (χ0) is 19.2. The molecule has 1 saturated heterocycles. The number of aromatic nitrogens is 1. The number of hydrogen-bond donors (Lipinski definition) is 1. The van der Waals surface area contributed by atoms with E-state index in [1.165, 1.54) is 12.8 Å². The molecule has 1 unspecified atom stereocenters. The van der Waals surface area contributed by atoms with Crippen molar-refractivity contribution < 1.29 is 19.0 Å². The van der Waals surface area contributed by atoms with Crippen LogP contribution in [0.25, 0.3) is 0 Å². The largest absolute Gasteiger partial charge is 0.484 e. The fourth-order valence-electron chi connectivity index (χ4n) is 4.07. The van der Waals surface area contributed by atoms with Gasteiger partial charge in [0.15, 0.2) is 6.61 Å². The lowest BCUT2D eigenvalue weighted by Gasteiger charge is -2.38. The summed E-state index contributed by atoms with van der Waals surface area (Å²) in [5.74, 6) is 1.74. The minimum absolute atomic E-state index is 0.000491. The second-order valence-electron chi connectivity index (χ2n) is 7.53. The summed E-state index contributed by atoms with van der Waals surface area (Å²) < 4.78 is 17.3. The van der Waals surface area contributed by atoms with Crippen LogP contribution in [-0.4, -0.2) is 35.7 Å². The molecule has 2 aliphatic rings. The number of pyridine rings is 1. The minimum atomic E-state index is -0.0890. The van der Waals surface area contributed by atoms with Gasteiger partial charge in [-0.25, -0.2) is 4.98 Å². The first kappa shape index (κ1) is 18.7. The molecular weight excluding hydrogens is 356 g/mol. The summed E-state index contributed by atoms with van der Waals surface area (Å²) in [7, 11) is 0. The molecule has 0 radical (unpaired) electrons. The predicted octanol–water partition coefficient (Wildman–Crippen LogP) is 3.86. The third-order valence-corrected chi connectivity index (χ3v) is 5.43. The summed E-state index contributed by atoms with van der Waals surface area (Å²) >= 11 is 0. The molecular formula is C22H26N2O4. The maximum absolute atomic E-state index is 12.3. The second-order valence-corrected chi connectivity index (χ2v) is 7.53. The number of benzene rings is 1. The molecule has 0 bridgehead atoms. The van der Waals surface area contributed by atoms with Gasteiger partial charge in [-0.15, -0.1) is 0 Å². The lowest BCUT2D eigenvalue weighted by atomic mass is 9.89. The smallest absolute Gasteiger partial charge is 0.258 e. The van der Waals surface area contributed by atoms with Crippen molar-refractivity contribution in [2.45, 2.75) is 50.2 Å². The molecule has 1 atom stereocenters. The highest BCUT2D eigenvalue weighted by molar-refractivity contribution is 5.77. The summed E-state index contributed by atoms with van der Waals surface area (Å²) in [6, 6.07) is 12.8. The minimum Gasteiger partial charge on any atom is -0.484 e. The lowest BCUT2D eigenvalue weighted by molar-refractivity contribution is -0.127. The molecule has 1 amide bonds. The summed E-state index contributed by atoms with van der Waals surface area (Å²) in [5, 5.41) is 3.11. The quantitative estimate of drug-likeness (QED) is 0.822. The van der Waals surface area contributed by atoms with Gasteiger partial charge in [-0.3, -0.25) is 4.79 Å². The van der Waals surface area contributed by atoms with Gasteiger partial charge >= 0.3 is 0 Å². The molecule has 4 rings (SSSR count). The molecule has 28 heavy (non-hydrogen) atoms. The normalized spacial score (nSPS) is 20.6. The maximum atomic E-state index is 12.3. The van der Waals surface area contributed by atoms with Crippen LogP contribution in [0.2, 0.25) is 0 Å². The van der Waals surface area contributed by atoms with Crippen LogP contribution in [-0.2, 0) is 9.53 Å². The molecule has 1 saturated carbocycles. The van der Waals surface area contributed by atoms with Gasteiger partial charge in [-0.05, 0) is 56.0 Å². The van der Waals surface area contributed by atoms with Crippen LogP contribution in [0.3, 0.4) is 0 Å². The van der Waals surface area contributed by atoms with Crippen LogP contribution in [0.15, 0.2) is 48.7 Å². The first-order valence-electron chi connectivity index (χ1n) is 9.96. The standard InChI is InChI=1S/C22H26N2O4/c25-20(24-17-10-14-27-22(15-17)11-2-3-12-22)16-26-18-6-8-19(9-7-18)28-21-5-1-4-13-23-21/h1,4-9,13,17H,2-3,10-12,14-16H2,(H,24,25). The Hall–Kier alpha value is -2.60. The summed E-state index contributed by atoms with van der Waals surface area (Å²) in [4.78, 5) is 16.4. The summed E-state index contributed by atoms with van der Waals surface area (Å²) in [6.07, 6.45) is 8.14. The Labute approximate surface area is 165 Å². The average Bonchev–Trinajstić information content (AvgIpc) is 3.16. The lowest BCUT2D eigenvalue weighted by Crippen LogP contribution is -2.48. The predicted molar refractivity (Wildman–Crippen MR) is 105 cm³/mol. The topological polar surface area (TPSA) is 69.7 Å². The van der Waals surface area contributed by atoms with E-state index < -0.39 is 0 Å². The fourth-order valence-corrected chi connectivity index (χ4v) is 4.07. The number of carbonyl (C=O) groups excluding carboxylic acids is 1. The highest BCUT2D eigenvalue weighted by Crippen LogP contribution is 2.39. The number of rotatable bonds is 6. The highest BCUT2D eigenvalue weighted by atomic mass is 16.5. The Balaban J connectivity index is 1.23. The molecule has 6 heteroatoms. The maximum Gasteiger partial charge on any atom is 0.258 e. The first-order chi connectivity index (χ1) is 13.7. The second kappa shape index (κ2) is 8.61. The third kappa shape index (κ3) is 4.81. The van der Waals surface area contributed by atoms with Crippen LogP contribution in [0.1, 0.15) is 38.5 Å². The van der Waals surface area contributed by atoms with Gasteiger partial charge in [0.25, 0.3) is 5.91 Å². The van der Waals surface area contributed by atoms with E-state index in [2.05, 4.69) is 10.3 Å². The van der Waals surface area contributed by atoms with E-state index in [1.807, 2.05) is 12.1 Å². The molecule has 1 N–H and O–H groups in total. The SMILES string of the molecule is O=C(COc1ccc(Oc2ccccn2)cc1)NC1CCOC2(CCCC2)C1. The van der Waals surface area contributed by atoms with Gasteiger partial charge in [-0.1, -0.05) is 18.9 Å². The van der Waals surface area contributed by atoms with Gasteiger partial charge in [0.1, 0.15) is 11.5 Å². The number of ether oxygens (including phenoxy) is 3. The van der Waals surface area contributed by atoms with Crippen molar-refractivity contribution in [1.82, 2.24) is 10.3 Å². The van der Waals surface area contributed by atoms with E-state index in [4.69, 9.17) is 14.2 Å². The molecule has 1 aliphatic heterocycles. The van der Waals surface area contributed by atoms with Crippen molar-refractivity contribution in [1.29, 1.82) is 0 Å². The van der Waals surface area contributed by atoms with E-state index in [-0.39, 0.29) is 24.2 Å². The summed E-state index contributed by atoms with van der Waals surface area (Å²) in [5.41, 5.74) is 0.000491. The Morgan fingerprint density at radius 2 is 1.93 bits per heavy atom. The van der Waals surface area contributed by atoms with Crippen molar-refractivity contribution in [3.63, 3.8) is 0 Å².